The van der Waals surface area contributed by atoms with Gasteiger partial charge in [0.1, 0.15) is 5.65 Å². The summed E-state index contributed by atoms with van der Waals surface area (Å²) in [6, 6.07) is 25.5. The topological polar surface area (TPSA) is 77.1 Å². The van der Waals surface area contributed by atoms with Crippen molar-refractivity contribution in [3.8, 4) is 11.3 Å². The van der Waals surface area contributed by atoms with Gasteiger partial charge in [0.05, 0.1) is 24.0 Å². The number of rotatable bonds is 5. The molecule has 7 nitrogen and oxygen atoms in total. The van der Waals surface area contributed by atoms with Crippen LogP contribution in [0.15, 0.2) is 104 Å². The number of fused-ring (bicyclic) bond motifs is 2. The predicted octanol–water partition coefficient (Wildman–Crippen LogP) is 5.05. The van der Waals surface area contributed by atoms with Crippen molar-refractivity contribution in [3.05, 3.63) is 115 Å². The van der Waals surface area contributed by atoms with Gasteiger partial charge in [0.25, 0.3) is 5.91 Å². The molecule has 0 aliphatic carbocycles. The van der Waals surface area contributed by atoms with Gasteiger partial charge in [-0.2, -0.15) is 5.10 Å². The molecule has 1 amide bonds. The molecule has 1 N–H and O–H groups in total. The van der Waals surface area contributed by atoms with Gasteiger partial charge >= 0.3 is 0 Å². The molecule has 6 rings (SSSR count). The van der Waals surface area contributed by atoms with Crippen molar-refractivity contribution in [2.24, 2.45) is 0 Å². The minimum atomic E-state index is -0.217. The van der Waals surface area contributed by atoms with E-state index in [1.165, 1.54) is 0 Å². The lowest BCUT2D eigenvalue weighted by molar-refractivity contribution is 0.102. The monoisotopic (exact) mass is 444 g/mol. The highest BCUT2D eigenvalue weighted by Gasteiger charge is 2.12. The van der Waals surface area contributed by atoms with Crippen LogP contribution in [0.1, 0.15) is 15.9 Å². The fourth-order valence-electron chi connectivity index (χ4n) is 3.97. The Hall–Kier alpha value is -4.78. The van der Waals surface area contributed by atoms with E-state index in [0.717, 1.165) is 33.5 Å². The molecule has 0 spiro atoms. The summed E-state index contributed by atoms with van der Waals surface area (Å²) in [6.07, 6.45) is 7.29. The van der Waals surface area contributed by atoms with E-state index in [1.54, 1.807) is 12.4 Å². The predicted molar refractivity (Wildman–Crippen MR) is 132 cm³/mol. The zero-order valence-corrected chi connectivity index (χ0v) is 18.2. The summed E-state index contributed by atoms with van der Waals surface area (Å²) in [5.74, 6) is -0.217. The van der Waals surface area contributed by atoms with Crippen LogP contribution in [0.5, 0.6) is 0 Å². The number of anilines is 1. The van der Waals surface area contributed by atoms with Crippen molar-refractivity contribution >= 4 is 28.3 Å². The zero-order chi connectivity index (χ0) is 22.9. The van der Waals surface area contributed by atoms with E-state index in [1.807, 2.05) is 88.2 Å². The Morgan fingerprint density at radius 3 is 2.56 bits per heavy atom. The van der Waals surface area contributed by atoms with Gasteiger partial charge in [0, 0.05) is 35.2 Å². The minimum Gasteiger partial charge on any atom is -0.322 e. The Kier molecular flexibility index (Phi) is 4.85. The number of nitrogens with zero attached hydrogens (tertiary/aromatic N) is 5. The van der Waals surface area contributed by atoms with Crippen LogP contribution in [-0.4, -0.2) is 30.1 Å². The normalized spacial score (nSPS) is 11.2. The zero-order valence-electron chi connectivity index (χ0n) is 18.2. The molecule has 0 bridgehead atoms. The third-order valence-electron chi connectivity index (χ3n) is 5.72. The largest absolute Gasteiger partial charge is 0.322 e. The van der Waals surface area contributed by atoms with Crippen LogP contribution in [0, 0.1) is 0 Å². The summed E-state index contributed by atoms with van der Waals surface area (Å²) >= 11 is 0. The van der Waals surface area contributed by atoms with E-state index in [9.17, 15) is 4.79 Å². The average Bonchev–Trinajstić information content (AvgIpc) is 3.49. The highest BCUT2D eigenvalue weighted by molar-refractivity contribution is 6.05. The van der Waals surface area contributed by atoms with Gasteiger partial charge in [-0.05, 0) is 35.9 Å². The summed E-state index contributed by atoms with van der Waals surface area (Å²) in [7, 11) is 0. The number of nitrogens with one attached hydrogen (secondary N) is 1. The second kappa shape index (κ2) is 8.29. The van der Waals surface area contributed by atoms with Crippen LogP contribution in [-0.2, 0) is 6.54 Å². The van der Waals surface area contributed by atoms with Crippen LogP contribution < -0.4 is 5.32 Å². The molecule has 0 aliphatic rings. The lowest BCUT2D eigenvalue weighted by atomic mass is 10.1. The molecule has 164 valence electrons. The molecule has 0 fully saturated rings. The van der Waals surface area contributed by atoms with Gasteiger partial charge in [-0.15, -0.1) is 0 Å². The molecule has 0 saturated carbocycles. The van der Waals surface area contributed by atoms with E-state index in [-0.39, 0.29) is 5.91 Å². The van der Waals surface area contributed by atoms with E-state index >= 15 is 0 Å². The summed E-state index contributed by atoms with van der Waals surface area (Å²) in [5, 5.41) is 8.21. The quantitative estimate of drug-likeness (QED) is 0.404. The second-order valence-corrected chi connectivity index (χ2v) is 8.05. The highest BCUT2D eigenvalue weighted by Crippen LogP contribution is 2.22. The van der Waals surface area contributed by atoms with Crippen molar-refractivity contribution in [1.29, 1.82) is 0 Å². The number of hydrogen-bond acceptors (Lipinski definition) is 4. The Morgan fingerprint density at radius 2 is 1.74 bits per heavy atom. The first-order valence-corrected chi connectivity index (χ1v) is 10.9. The molecule has 0 unspecified atom stereocenters. The fourth-order valence-corrected chi connectivity index (χ4v) is 3.97. The Morgan fingerprint density at radius 1 is 0.912 bits per heavy atom. The summed E-state index contributed by atoms with van der Waals surface area (Å²) in [5.41, 5.74) is 5.83. The molecular weight excluding hydrogens is 424 g/mol. The number of aromatic nitrogens is 5. The summed E-state index contributed by atoms with van der Waals surface area (Å²) < 4.78 is 3.82. The van der Waals surface area contributed by atoms with Gasteiger partial charge in [-0.25, -0.2) is 14.6 Å². The summed E-state index contributed by atoms with van der Waals surface area (Å²) in [6.45, 7) is 0.627. The van der Waals surface area contributed by atoms with Gasteiger partial charge < -0.3 is 9.72 Å². The van der Waals surface area contributed by atoms with Crippen molar-refractivity contribution in [1.82, 2.24) is 24.1 Å². The van der Waals surface area contributed by atoms with E-state index in [4.69, 9.17) is 0 Å². The highest BCUT2D eigenvalue weighted by atomic mass is 16.1. The molecule has 2 aromatic carbocycles. The van der Waals surface area contributed by atoms with E-state index in [0.29, 0.717) is 17.8 Å². The molecule has 4 aromatic heterocycles. The van der Waals surface area contributed by atoms with Crippen molar-refractivity contribution in [2.45, 2.75) is 6.54 Å². The lowest BCUT2D eigenvalue weighted by Gasteiger charge is -2.07. The van der Waals surface area contributed by atoms with Gasteiger partial charge in [-0.3, -0.25) is 4.79 Å². The first-order chi connectivity index (χ1) is 16.7. The fraction of sp³-hybridized carbons (Fsp3) is 0.0370. The molecule has 6 aromatic rings. The molecule has 0 radical (unpaired) electrons. The Balaban J connectivity index is 1.18. The van der Waals surface area contributed by atoms with Crippen molar-refractivity contribution < 1.29 is 4.79 Å². The maximum atomic E-state index is 12.8. The van der Waals surface area contributed by atoms with E-state index in [2.05, 4.69) is 32.5 Å². The molecule has 7 heteroatoms. The standard InChI is InChI=1S/C27H20N6O/c34-27(22-14-21-16-29-33(26(21)28-15-22)17-19-6-2-1-3-7-19)30-23-11-9-20(10-12-23)24-18-32-13-5-4-8-25(32)31-24/h1-16,18H,17H2,(H,30,34). The second-order valence-electron chi connectivity index (χ2n) is 8.05. The van der Waals surface area contributed by atoms with Crippen molar-refractivity contribution in [2.75, 3.05) is 5.32 Å². The molecule has 34 heavy (non-hydrogen) atoms. The lowest BCUT2D eigenvalue weighted by Crippen LogP contribution is -2.12. The maximum Gasteiger partial charge on any atom is 0.257 e. The molecule has 0 aliphatic heterocycles. The van der Waals surface area contributed by atoms with Gasteiger partial charge in [0.2, 0.25) is 0 Å². The maximum absolute atomic E-state index is 12.8. The molecule has 4 heterocycles. The Bertz CT molecular complexity index is 1580. The molecule has 0 atom stereocenters. The van der Waals surface area contributed by atoms with Crippen LogP contribution in [0.4, 0.5) is 5.69 Å². The minimum absolute atomic E-state index is 0.217. The summed E-state index contributed by atoms with van der Waals surface area (Å²) in [4.78, 5) is 22.0. The average molecular weight is 444 g/mol. The first-order valence-electron chi connectivity index (χ1n) is 10.9. The van der Waals surface area contributed by atoms with Crippen molar-refractivity contribution in [3.63, 3.8) is 0 Å². The molecular formula is C27H20N6O. The van der Waals surface area contributed by atoms with Crippen LogP contribution >= 0.6 is 0 Å². The SMILES string of the molecule is O=C(Nc1ccc(-c2cn3ccccc3n2)cc1)c1cnc2c(cnn2Cc2ccccc2)c1. The number of carbonyl (C=O) groups excluding carboxylic acids is 1. The van der Waals surface area contributed by atoms with Crippen LogP contribution in [0.3, 0.4) is 0 Å². The first kappa shape index (κ1) is 19.9. The van der Waals surface area contributed by atoms with Crippen LogP contribution in [0.2, 0.25) is 0 Å². The van der Waals surface area contributed by atoms with Gasteiger partial charge in [0.15, 0.2) is 5.65 Å². The number of hydrogen-bond donors (Lipinski definition) is 1. The van der Waals surface area contributed by atoms with Gasteiger partial charge in [-0.1, -0.05) is 48.5 Å². The number of amides is 1. The molecule has 0 saturated heterocycles. The van der Waals surface area contributed by atoms with Crippen LogP contribution in [0.25, 0.3) is 27.9 Å². The third-order valence-corrected chi connectivity index (χ3v) is 5.72. The number of carbonyl (C=O) groups is 1. The number of benzene rings is 2. The third kappa shape index (κ3) is 3.80. The Labute approximate surface area is 195 Å². The van der Waals surface area contributed by atoms with E-state index < -0.39 is 0 Å². The number of pyridine rings is 2. The number of imidazole rings is 1. The smallest absolute Gasteiger partial charge is 0.257 e.